The first-order valence-electron chi connectivity index (χ1n) is 8.27. The number of hydrogen-bond donors (Lipinski definition) is 1. The van der Waals surface area contributed by atoms with Gasteiger partial charge in [0.2, 0.25) is 0 Å². The summed E-state index contributed by atoms with van der Waals surface area (Å²) in [5, 5.41) is 2.96. The zero-order valence-corrected chi connectivity index (χ0v) is 15.4. The van der Waals surface area contributed by atoms with Gasteiger partial charge in [0.1, 0.15) is 10.6 Å². The maximum atomic E-state index is 12.7. The normalized spacial score (nSPS) is 16.0. The van der Waals surface area contributed by atoms with Crippen molar-refractivity contribution < 1.29 is 9.53 Å². The maximum Gasteiger partial charge on any atom is 0.167 e. The molecule has 128 valence electrons. The Bertz CT molecular complexity index is 987. The van der Waals surface area contributed by atoms with Crippen molar-refractivity contribution in [2.75, 3.05) is 12.8 Å². The Hall–Kier alpha value is -2.40. The summed E-state index contributed by atoms with van der Waals surface area (Å²) in [4.78, 5) is 18.4. The summed E-state index contributed by atoms with van der Waals surface area (Å²) in [5.41, 5.74) is 10.5. The third-order valence-electron chi connectivity index (χ3n) is 4.80. The van der Waals surface area contributed by atoms with Crippen LogP contribution < -0.4 is 10.5 Å². The van der Waals surface area contributed by atoms with Crippen molar-refractivity contribution in [3.05, 3.63) is 40.9 Å². The van der Waals surface area contributed by atoms with Gasteiger partial charge in [0.05, 0.1) is 24.1 Å². The summed E-state index contributed by atoms with van der Waals surface area (Å²) >= 11 is 1.57. The van der Waals surface area contributed by atoms with Crippen LogP contribution in [-0.2, 0) is 6.42 Å². The average molecular weight is 352 g/mol. The number of thiophene rings is 1. The number of nitrogens with two attached hydrogens (primary N) is 1. The van der Waals surface area contributed by atoms with Crippen LogP contribution in [0.5, 0.6) is 5.75 Å². The number of fused-ring (bicyclic) bond motifs is 2. The van der Waals surface area contributed by atoms with E-state index < -0.39 is 0 Å². The topological polar surface area (TPSA) is 65.2 Å². The average Bonchev–Trinajstić information content (AvgIpc) is 2.97. The van der Waals surface area contributed by atoms with Crippen molar-refractivity contribution in [2.45, 2.75) is 26.7 Å². The molecule has 0 bridgehead atoms. The van der Waals surface area contributed by atoms with Crippen LogP contribution in [0.1, 0.15) is 36.3 Å². The van der Waals surface area contributed by atoms with E-state index in [1.54, 1.807) is 18.4 Å². The summed E-state index contributed by atoms with van der Waals surface area (Å²) in [6.45, 7) is 4.21. The van der Waals surface area contributed by atoms with Crippen LogP contribution in [0.15, 0.2) is 29.6 Å². The highest BCUT2D eigenvalue weighted by Gasteiger charge is 2.34. The number of rotatable bonds is 2. The Kier molecular flexibility index (Phi) is 3.58. The number of aromatic nitrogens is 1. The minimum absolute atomic E-state index is 0.0622. The molecule has 0 unspecified atom stereocenters. The van der Waals surface area contributed by atoms with Crippen LogP contribution in [0.2, 0.25) is 0 Å². The smallest absolute Gasteiger partial charge is 0.167 e. The van der Waals surface area contributed by atoms with Crippen LogP contribution in [-0.4, -0.2) is 17.9 Å². The number of methoxy groups -OCH3 is 1. The number of nitrogens with zero attached hydrogens (tertiary/aromatic N) is 1. The van der Waals surface area contributed by atoms with E-state index in [1.165, 1.54) is 0 Å². The van der Waals surface area contributed by atoms with E-state index in [-0.39, 0.29) is 11.2 Å². The van der Waals surface area contributed by atoms with Crippen LogP contribution in [0.25, 0.3) is 21.3 Å². The zero-order chi connectivity index (χ0) is 17.8. The number of ketones is 1. The van der Waals surface area contributed by atoms with Gasteiger partial charge in [-0.25, -0.2) is 4.98 Å². The molecular weight excluding hydrogens is 332 g/mol. The Balaban J connectivity index is 1.92. The molecule has 5 heteroatoms. The molecule has 0 saturated heterocycles. The molecule has 0 amide bonds. The lowest BCUT2D eigenvalue weighted by atomic mass is 9.75. The first-order valence-corrected chi connectivity index (χ1v) is 9.15. The van der Waals surface area contributed by atoms with Gasteiger partial charge in [-0.15, -0.1) is 11.3 Å². The second-order valence-electron chi connectivity index (χ2n) is 7.35. The summed E-state index contributed by atoms with van der Waals surface area (Å²) in [7, 11) is 1.65. The number of pyridine rings is 1. The summed E-state index contributed by atoms with van der Waals surface area (Å²) in [6, 6.07) is 7.86. The van der Waals surface area contributed by atoms with Crippen LogP contribution >= 0.6 is 11.3 Å². The summed E-state index contributed by atoms with van der Waals surface area (Å²) < 4.78 is 5.23. The van der Waals surface area contributed by atoms with Crippen molar-refractivity contribution in [3.8, 4) is 16.9 Å². The van der Waals surface area contributed by atoms with Gasteiger partial charge < -0.3 is 10.5 Å². The van der Waals surface area contributed by atoms with Gasteiger partial charge in [-0.1, -0.05) is 26.0 Å². The quantitative estimate of drug-likeness (QED) is 0.725. The van der Waals surface area contributed by atoms with Crippen LogP contribution in [0, 0.1) is 5.41 Å². The van der Waals surface area contributed by atoms with Crippen LogP contribution in [0.4, 0.5) is 5.69 Å². The maximum absolute atomic E-state index is 12.7. The zero-order valence-electron chi connectivity index (χ0n) is 14.6. The number of nitrogen functional groups attached to an aromatic ring is 1. The molecule has 0 atom stereocenters. The monoisotopic (exact) mass is 352 g/mol. The van der Waals surface area contributed by atoms with Gasteiger partial charge in [0.25, 0.3) is 0 Å². The van der Waals surface area contributed by atoms with Crippen molar-refractivity contribution in [1.82, 2.24) is 4.98 Å². The fourth-order valence-corrected chi connectivity index (χ4v) is 4.59. The number of benzene rings is 1. The lowest BCUT2D eigenvalue weighted by Gasteiger charge is -2.30. The minimum atomic E-state index is -0.0622. The molecule has 1 aromatic carbocycles. The number of anilines is 1. The fraction of sp³-hybridized carbons (Fsp3) is 0.300. The molecule has 4 nitrogen and oxygen atoms in total. The van der Waals surface area contributed by atoms with Gasteiger partial charge in [-0.2, -0.15) is 0 Å². The second kappa shape index (κ2) is 5.56. The molecule has 2 aromatic heterocycles. The highest BCUT2D eigenvalue weighted by atomic mass is 32.1. The summed E-state index contributed by atoms with van der Waals surface area (Å²) in [5.74, 6) is 0.911. The lowest BCUT2D eigenvalue weighted by molar-refractivity contribution is 0.0912. The van der Waals surface area contributed by atoms with E-state index in [0.29, 0.717) is 17.7 Å². The number of carbonyl (C=O) groups is 1. The Labute approximate surface area is 150 Å². The van der Waals surface area contributed by atoms with Crippen molar-refractivity contribution in [1.29, 1.82) is 0 Å². The molecule has 0 fully saturated rings. The standard InChI is InChI=1S/C20H20N2O2S/c1-20(2)8-14-17(15(23)9-20)18(21)16-13(10-25-19(16)22-14)11-4-6-12(24-3)7-5-11/h4-7,10H,8-9H2,1-3H3,(H2,21,22). The molecule has 1 aliphatic carbocycles. The third kappa shape index (κ3) is 2.59. The molecule has 0 aliphatic heterocycles. The molecule has 3 aromatic rings. The van der Waals surface area contributed by atoms with Gasteiger partial charge in [0, 0.05) is 22.8 Å². The fourth-order valence-electron chi connectivity index (χ4n) is 3.61. The largest absolute Gasteiger partial charge is 0.497 e. The minimum Gasteiger partial charge on any atom is -0.497 e. The van der Waals surface area contributed by atoms with Crippen molar-refractivity contribution >= 4 is 33.0 Å². The van der Waals surface area contributed by atoms with E-state index in [4.69, 9.17) is 15.5 Å². The first-order chi connectivity index (χ1) is 11.9. The van der Waals surface area contributed by atoms with E-state index >= 15 is 0 Å². The molecule has 0 spiro atoms. The number of ether oxygens (including phenoxy) is 1. The Morgan fingerprint density at radius 2 is 1.92 bits per heavy atom. The molecule has 2 N–H and O–H groups in total. The highest BCUT2D eigenvalue weighted by Crippen LogP contribution is 2.43. The highest BCUT2D eigenvalue weighted by molar-refractivity contribution is 7.17. The first kappa shape index (κ1) is 16.1. The number of Topliss-reactive ketones (excluding diaryl/α,β-unsaturated/α-hetero) is 1. The second-order valence-corrected chi connectivity index (χ2v) is 8.20. The molecular formula is C20H20N2O2S. The molecule has 2 heterocycles. The third-order valence-corrected chi connectivity index (χ3v) is 5.67. The van der Waals surface area contributed by atoms with Gasteiger partial charge >= 0.3 is 0 Å². The molecule has 0 saturated carbocycles. The van der Waals surface area contributed by atoms with Gasteiger partial charge in [0.15, 0.2) is 5.78 Å². The summed E-state index contributed by atoms with van der Waals surface area (Å²) in [6.07, 6.45) is 1.30. The molecule has 1 aliphatic rings. The van der Waals surface area contributed by atoms with Crippen molar-refractivity contribution in [3.63, 3.8) is 0 Å². The lowest BCUT2D eigenvalue weighted by Crippen LogP contribution is -2.28. The van der Waals surface area contributed by atoms with Gasteiger partial charge in [-0.3, -0.25) is 4.79 Å². The SMILES string of the molecule is COc1ccc(-c2csc3nc4c(c(N)c23)C(=O)CC(C)(C)C4)cc1. The van der Waals surface area contributed by atoms with Crippen molar-refractivity contribution in [2.24, 2.45) is 5.41 Å². The molecule has 0 radical (unpaired) electrons. The van der Waals surface area contributed by atoms with Gasteiger partial charge in [-0.05, 0) is 29.5 Å². The van der Waals surface area contributed by atoms with Crippen LogP contribution in [0.3, 0.4) is 0 Å². The Morgan fingerprint density at radius 3 is 2.60 bits per heavy atom. The molecule has 25 heavy (non-hydrogen) atoms. The number of carbonyl (C=O) groups excluding carboxylic acids is 1. The molecule has 4 rings (SSSR count). The predicted octanol–water partition coefficient (Wildman–Crippen LogP) is 4.71. The van der Waals surface area contributed by atoms with E-state index in [0.717, 1.165) is 39.2 Å². The van der Waals surface area contributed by atoms with E-state index in [9.17, 15) is 4.79 Å². The Morgan fingerprint density at radius 1 is 1.20 bits per heavy atom. The predicted molar refractivity (Wildman–Crippen MR) is 102 cm³/mol. The van der Waals surface area contributed by atoms with E-state index in [2.05, 4.69) is 19.2 Å². The number of hydrogen-bond acceptors (Lipinski definition) is 5. The van der Waals surface area contributed by atoms with E-state index in [1.807, 2.05) is 24.3 Å².